The second-order valence-electron chi connectivity index (χ2n) is 3.35. The Morgan fingerprint density at radius 1 is 1.06 bits per heavy atom. The summed E-state index contributed by atoms with van der Waals surface area (Å²) in [6.07, 6.45) is 0. The second kappa shape index (κ2) is 4.39. The van der Waals surface area contributed by atoms with Crippen LogP contribution in [0.25, 0.3) is 11.1 Å². The molecule has 5 heteroatoms. The maximum absolute atomic E-state index is 11.2. The summed E-state index contributed by atoms with van der Waals surface area (Å²) in [7, 11) is 0. The first-order valence-corrected chi connectivity index (χ1v) is 5.67. The lowest BCUT2D eigenvalue weighted by atomic mass is 9.97. The molecular formula is C12H8O4S. The molecule has 0 spiro atoms. The number of thiophene rings is 1. The van der Waals surface area contributed by atoms with E-state index in [0.717, 1.165) is 5.56 Å². The molecule has 4 nitrogen and oxygen atoms in total. The Morgan fingerprint density at radius 2 is 1.82 bits per heavy atom. The fourth-order valence-corrected chi connectivity index (χ4v) is 2.28. The zero-order valence-corrected chi connectivity index (χ0v) is 9.40. The molecule has 1 aromatic carbocycles. The topological polar surface area (TPSA) is 74.6 Å². The summed E-state index contributed by atoms with van der Waals surface area (Å²) in [5.74, 6) is -2.47. The number of aromatic carboxylic acids is 2. The third kappa shape index (κ3) is 2.05. The van der Waals surface area contributed by atoms with Crippen LogP contribution in [0.2, 0.25) is 0 Å². The van der Waals surface area contributed by atoms with Crippen molar-refractivity contribution in [3.8, 4) is 11.1 Å². The standard InChI is InChI=1S/C12H8O4S/c13-11(14)9-3-1-2-8(10(9)12(15)16)7-4-5-17-6-7/h1-6H,(H,13,14)(H,15,16). The van der Waals surface area contributed by atoms with Gasteiger partial charge in [-0.15, -0.1) is 0 Å². The summed E-state index contributed by atoms with van der Waals surface area (Å²) in [5.41, 5.74) is 0.786. The molecule has 1 aromatic heterocycles. The minimum Gasteiger partial charge on any atom is -0.478 e. The lowest BCUT2D eigenvalue weighted by Gasteiger charge is -2.07. The quantitative estimate of drug-likeness (QED) is 0.875. The average Bonchev–Trinajstić information content (AvgIpc) is 2.81. The van der Waals surface area contributed by atoms with Gasteiger partial charge in [0.15, 0.2) is 0 Å². The van der Waals surface area contributed by atoms with Crippen LogP contribution in [0.5, 0.6) is 0 Å². The van der Waals surface area contributed by atoms with E-state index in [1.54, 1.807) is 23.6 Å². The van der Waals surface area contributed by atoms with Crippen LogP contribution in [0.3, 0.4) is 0 Å². The van der Waals surface area contributed by atoms with Crippen LogP contribution in [0.1, 0.15) is 20.7 Å². The molecule has 86 valence electrons. The molecular weight excluding hydrogens is 240 g/mol. The number of benzene rings is 1. The summed E-state index contributed by atoms with van der Waals surface area (Å²) in [5, 5.41) is 21.7. The molecule has 0 aliphatic carbocycles. The number of carboxylic acid groups (broad SMARTS) is 2. The predicted molar refractivity (Wildman–Crippen MR) is 63.7 cm³/mol. The third-order valence-electron chi connectivity index (χ3n) is 2.34. The summed E-state index contributed by atoms with van der Waals surface area (Å²) >= 11 is 1.43. The highest BCUT2D eigenvalue weighted by Gasteiger charge is 2.20. The van der Waals surface area contributed by atoms with E-state index in [1.165, 1.54) is 17.4 Å². The van der Waals surface area contributed by atoms with Crippen LogP contribution in [-0.2, 0) is 0 Å². The van der Waals surface area contributed by atoms with Crippen LogP contribution < -0.4 is 0 Å². The Kier molecular flexibility index (Phi) is 2.93. The van der Waals surface area contributed by atoms with E-state index in [4.69, 9.17) is 10.2 Å². The smallest absolute Gasteiger partial charge is 0.337 e. The Hall–Kier alpha value is -2.14. The van der Waals surface area contributed by atoms with Crippen molar-refractivity contribution in [1.82, 2.24) is 0 Å². The van der Waals surface area contributed by atoms with Gasteiger partial charge in [0.1, 0.15) is 0 Å². The molecule has 2 N–H and O–H groups in total. The molecule has 17 heavy (non-hydrogen) atoms. The van der Waals surface area contributed by atoms with E-state index < -0.39 is 11.9 Å². The molecule has 0 aliphatic rings. The van der Waals surface area contributed by atoms with Crippen molar-refractivity contribution in [1.29, 1.82) is 0 Å². The number of carbonyl (C=O) groups is 2. The second-order valence-corrected chi connectivity index (χ2v) is 4.13. The van der Waals surface area contributed by atoms with Gasteiger partial charge in [-0.25, -0.2) is 9.59 Å². The minimum atomic E-state index is -1.24. The van der Waals surface area contributed by atoms with Gasteiger partial charge >= 0.3 is 11.9 Å². The highest BCUT2D eigenvalue weighted by molar-refractivity contribution is 7.08. The molecule has 0 aliphatic heterocycles. The largest absolute Gasteiger partial charge is 0.478 e. The number of rotatable bonds is 3. The van der Waals surface area contributed by atoms with E-state index >= 15 is 0 Å². The molecule has 2 aromatic rings. The van der Waals surface area contributed by atoms with Crippen LogP contribution >= 0.6 is 11.3 Å². The van der Waals surface area contributed by atoms with E-state index in [1.807, 2.05) is 5.38 Å². The third-order valence-corrected chi connectivity index (χ3v) is 3.02. The highest BCUT2D eigenvalue weighted by atomic mass is 32.1. The zero-order chi connectivity index (χ0) is 12.4. The summed E-state index contributed by atoms with van der Waals surface area (Å²) in [6.45, 7) is 0. The molecule has 0 radical (unpaired) electrons. The van der Waals surface area contributed by atoms with E-state index in [2.05, 4.69) is 0 Å². The molecule has 0 atom stereocenters. The van der Waals surface area contributed by atoms with E-state index in [0.29, 0.717) is 5.56 Å². The first kappa shape index (κ1) is 11.3. The molecule has 1 heterocycles. The lowest BCUT2D eigenvalue weighted by molar-refractivity contribution is 0.0652. The van der Waals surface area contributed by atoms with Gasteiger partial charge in [0.25, 0.3) is 0 Å². The number of hydrogen-bond acceptors (Lipinski definition) is 3. The molecule has 0 amide bonds. The van der Waals surface area contributed by atoms with Gasteiger partial charge in [-0.05, 0) is 34.0 Å². The highest BCUT2D eigenvalue weighted by Crippen LogP contribution is 2.28. The Labute approximate surface area is 101 Å². The van der Waals surface area contributed by atoms with E-state index in [-0.39, 0.29) is 11.1 Å². The minimum absolute atomic E-state index is 0.168. The van der Waals surface area contributed by atoms with E-state index in [9.17, 15) is 9.59 Å². The SMILES string of the molecule is O=C(O)c1cccc(-c2ccsc2)c1C(=O)O. The van der Waals surface area contributed by atoms with Gasteiger partial charge in [0.05, 0.1) is 11.1 Å². The normalized spacial score (nSPS) is 10.1. The summed E-state index contributed by atoms with van der Waals surface area (Å²) in [4.78, 5) is 22.2. The van der Waals surface area contributed by atoms with Crippen molar-refractivity contribution in [2.45, 2.75) is 0 Å². The van der Waals surface area contributed by atoms with Crippen molar-refractivity contribution < 1.29 is 19.8 Å². The van der Waals surface area contributed by atoms with Gasteiger partial charge in [-0.1, -0.05) is 12.1 Å². The van der Waals surface area contributed by atoms with Crippen molar-refractivity contribution in [3.63, 3.8) is 0 Å². The van der Waals surface area contributed by atoms with Crippen LogP contribution in [0.15, 0.2) is 35.0 Å². The molecule has 2 rings (SSSR count). The molecule has 0 saturated heterocycles. The molecule has 0 saturated carbocycles. The monoisotopic (exact) mass is 248 g/mol. The summed E-state index contributed by atoms with van der Waals surface area (Å²) in [6, 6.07) is 6.21. The van der Waals surface area contributed by atoms with Crippen LogP contribution in [0.4, 0.5) is 0 Å². The Balaban J connectivity index is 2.72. The number of hydrogen-bond donors (Lipinski definition) is 2. The Bertz CT molecular complexity index is 572. The van der Waals surface area contributed by atoms with Crippen molar-refractivity contribution in [2.24, 2.45) is 0 Å². The van der Waals surface area contributed by atoms with Gasteiger partial charge < -0.3 is 10.2 Å². The van der Waals surface area contributed by atoms with Crippen LogP contribution in [-0.4, -0.2) is 22.2 Å². The van der Waals surface area contributed by atoms with Crippen molar-refractivity contribution in [3.05, 3.63) is 46.2 Å². The zero-order valence-electron chi connectivity index (χ0n) is 8.58. The lowest BCUT2D eigenvalue weighted by Crippen LogP contribution is -2.09. The fourth-order valence-electron chi connectivity index (χ4n) is 1.62. The molecule has 0 unspecified atom stereocenters. The predicted octanol–water partition coefficient (Wildman–Crippen LogP) is 2.81. The van der Waals surface area contributed by atoms with Crippen LogP contribution in [0, 0.1) is 0 Å². The Morgan fingerprint density at radius 3 is 2.35 bits per heavy atom. The van der Waals surface area contributed by atoms with Gasteiger partial charge in [0, 0.05) is 0 Å². The maximum Gasteiger partial charge on any atom is 0.337 e. The van der Waals surface area contributed by atoms with Gasteiger partial charge in [-0.2, -0.15) is 11.3 Å². The van der Waals surface area contributed by atoms with Crippen molar-refractivity contribution in [2.75, 3.05) is 0 Å². The maximum atomic E-state index is 11.2. The molecule has 0 fully saturated rings. The fraction of sp³-hybridized carbons (Fsp3) is 0. The van der Waals surface area contributed by atoms with Gasteiger partial charge in [0.2, 0.25) is 0 Å². The van der Waals surface area contributed by atoms with Crippen molar-refractivity contribution >= 4 is 23.3 Å². The summed E-state index contributed by atoms with van der Waals surface area (Å²) < 4.78 is 0. The van der Waals surface area contributed by atoms with Gasteiger partial charge in [-0.3, -0.25) is 0 Å². The number of carboxylic acids is 2. The average molecular weight is 248 g/mol. The first-order valence-electron chi connectivity index (χ1n) is 4.73. The first-order chi connectivity index (χ1) is 8.11. The molecule has 0 bridgehead atoms.